The number of carbonyl (C=O) groups is 1. The van der Waals surface area contributed by atoms with Crippen LogP contribution in [-0.4, -0.2) is 19.7 Å². The third-order valence-corrected chi connectivity index (χ3v) is 2.68. The third-order valence-electron chi connectivity index (χ3n) is 2.68. The summed E-state index contributed by atoms with van der Waals surface area (Å²) in [5, 5.41) is 0.896. The van der Waals surface area contributed by atoms with Crippen molar-refractivity contribution in [2.24, 2.45) is 0 Å². The molecule has 2 rings (SSSR count). The van der Waals surface area contributed by atoms with E-state index in [-0.39, 0.29) is 19.0 Å². The normalized spacial score (nSPS) is 10.4. The molecule has 0 N–H and O–H groups in total. The number of fused-ring (bicyclic) bond motifs is 1. The van der Waals surface area contributed by atoms with E-state index >= 15 is 0 Å². The summed E-state index contributed by atoms with van der Waals surface area (Å²) in [6.45, 7) is 5.75. The van der Waals surface area contributed by atoms with Crippen LogP contribution in [0.5, 0.6) is 5.75 Å². The van der Waals surface area contributed by atoms with Gasteiger partial charge in [-0.25, -0.2) is 0 Å². The van der Waals surface area contributed by atoms with E-state index in [0.29, 0.717) is 5.58 Å². The number of hydrogen-bond acceptors (Lipinski definition) is 4. The maximum Gasteiger partial charge on any atom is 0.310 e. The average molecular weight is 260 g/mol. The van der Waals surface area contributed by atoms with E-state index in [1.54, 1.807) is 19.4 Å². The van der Waals surface area contributed by atoms with Crippen molar-refractivity contribution < 1.29 is 18.7 Å². The molecule has 0 bridgehead atoms. The summed E-state index contributed by atoms with van der Waals surface area (Å²) in [6, 6.07) is 5.50. The topological polar surface area (TPSA) is 48.7 Å². The fourth-order valence-corrected chi connectivity index (χ4v) is 1.74. The fourth-order valence-electron chi connectivity index (χ4n) is 1.74. The fraction of sp³-hybridized carbons (Fsp3) is 0.267. The molecule has 1 heterocycles. The second-order valence-electron chi connectivity index (χ2n) is 4.42. The summed E-state index contributed by atoms with van der Waals surface area (Å²) in [5.41, 5.74) is 2.32. The van der Waals surface area contributed by atoms with Gasteiger partial charge in [-0.3, -0.25) is 4.79 Å². The molecule has 0 saturated heterocycles. The summed E-state index contributed by atoms with van der Waals surface area (Å²) in [7, 11) is 1.60. The van der Waals surface area contributed by atoms with Crippen LogP contribution in [-0.2, 0) is 16.0 Å². The highest BCUT2D eigenvalue weighted by Gasteiger charge is 2.12. The van der Waals surface area contributed by atoms with Crippen molar-refractivity contribution in [3.05, 3.63) is 42.2 Å². The van der Waals surface area contributed by atoms with Crippen molar-refractivity contribution in [3.8, 4) is 5.75 Å². The molecule has 0 spiro atoms. The van der Waals surface area contributed by atoms with E-state index < -0.39 is 0 Å². The Bertz CT molecular complexity index is 610. The van der Waals surface area contributed by atoms with Crippen molar-refractivity contribution >= 4 is 16.9 Å². The van der Waals surface area contributed by atoms with E-state index in [9.17, 15) is 4.79 Å². The lowest BCUT2D eigenvalue weighted by Crippen LogP contribution is -2.09. The van der Waals surface area contributed by atoms with Crippen LogP contribution < -0.4 is 4.74 Å². The molecule has 19 heavy (non-hydrogen) atoms. The summed E-state index contributed by atoms with van der Waals surface area (Å²) < 4.78 is 15.6. The second-order valence-corrected chi connectivity index (χ2v) is 4.42. The van der Waals surface area contributed by atoms with Gasteiger partial charge in [-0.2, -0.15) is 0 Å². The standard InChI is InChI=1S/C15H16O4/c1-10(2)8-19-15(16)6-11-9-18-14-7-12(17-3)4-5-13(11)14/h4-5,7,9H,1,6,8H2,2-3H3. The van der Waals surface area contributed by atoms with Gasteiger partial charge < -0.3 is 13.9 Å². The van der Waals surface area contributed by atoms with Crippen molar-refractivity contribution in [1.29, 1.82) is 0 Å². The van der Waals surface area contributed by atoms with Crippen LogP contribution in [0.25, 0.3) is 11.0 Å². The molecule has 0 fully saturated rings. The van der Waals surface area contributed by atoms with Gasteiger partial charge in [0.2, 0.25) is 0 Å². The molecule has 4 nitrogen and oxygen atoms in total. The second kappa shape index (κ2) is 5.61. The summed E-state index contributed by atoms with van der Waals surface area (Å²) in [4.78, 5) is 11.7. The third kappa shape index (κ3) is 3.16. The largest absolute Gasteiger partial charge is 0.497 e. The van der Waals surface area contributed by atoms with Crippen LogP contribution in [0.15, 0.2) is 41.0 Å². The van der Waals surface area contributed by atoms with E-state index in [0.717, 1.165) is 22.3 Å². The van der Waals surface area contributed by atoms with Gasteiger partial charge in [0.1, 0.15) is 17.9 Å². The first-order chi connectivity index (χ1) is 9.10. The summed E-state index contributed by atoms with van der Waals surface area (Å²) in [5.74, 6) is 0.430. The van der Waals surface area contributed by atoms with Crippen molar-refractivity contribution in [1.82, 2.24) is 0 Å². The Labute approximate surface area is 111 Å². The molecule has 0 aliphatic rings. The first-order valence-corrected chi connectivity index (χ1v) is 5.94. The smallest absolute Gasteiger partial charge is 0.310 e. The lowest BCUT2D eigenvalue weighted by molar-refractivity contribution is -0.141. The summed E-state index contributed by atoms with van der Waals surface area (Å²) in [6.07, 6.45) is 1.76. The zero-order valence-electron chi connectivity index (χ0n) is 11.1. The van der Waals surface area contributed by atoms with Gasteiger partial charge in [-0.05, 0) is 24.6 Å². The maximum atomic E-state index is 11.7. The predicted molar refractivity (Wildman–Crippen MR) is 72.2 cm³/mol. The zero-order valence-corrected chi connectivity index (χ0v) is 11.1. The maximum absolute atomic E-state index is 11.7. The van der Waals surface area contributed by atoms with E-state index in [1.807, 2.05) is 19.1 Å². The van der Waals surface area contributed by atoms with Crippen LogP contribution in [0.4, 0.5) is 0 Å². The minimum absolute atomic E-state index is 0.187. The van der Waals surface area contributed by atoms with Gasteiger partial charge in [0.25, 0.3) is 0 Å². The molecule has 100 valence electrons. The molecular formula is C15H16O4. The Morgan fingerprint density at radius 2 is 2.21 bits per heavy atom. The van der Waals surface area contributed by atoms with Crippen LogP contribution in [0.3, 0.4) is 0 Å². The van der Waals surface area contributed by atoms with Gasteiger partial charge in [-0.1, -0.05) is 6.58 Å². The van der Waals surface area contributed by atoms with E-state index in [4.69, 9.17) is 13.9 Å². The van der Waals surface area contributed by atoms with Crippen molar-refractivity contribution in [2.75, 3.05) is 13.7 Å². The highest BCUT2D eigenvalue weighted by molar-refractivity contribution is 5.86. The number of ether oxygens (including phenoxy) is 2. The first-order valence-electron chi connectivity index (χ1n) is 5.94. The molecule has 1 aromatic heterocycles. The average Bonchev–Trinajstić information content (AvgIpc) is 2.78. The monoisotopic (exact) mass is 260 g/mol. The molecule has 0 amide bonds. The number of furan rings is 1. The number of benzene rings is 1. The van der Waals surface area contributed by atoms with Gasteiger partial charge in [0, 0.05) is 17.0 Å². The van der Waals surface area contributed by atoms with Gasteiger partial charge >= 0.3 is 5.97 Å². The summed E-state index contributed by atoms with van der Waals surface area (Å²) >= 11 is 0. The van der Waals surface area contributed by atoms with Crippen LogP contribution >= 0.6 is 0 Å². The minimum Gasteiger partial charge on any atom is -0.497 e. The molecular weight excluding hydrogens is 244 g/mol. The van der Waals surface area contributed by atoms with E-state index in [1.165, 1.54) is 0 Å². The Morgan fingerprint density at radius 1 is 1.42 bits per heavy atom. The van der Waals surface area contributed by atoms with Crippen molar-refractivity contribution in [2.45, 2.75) is 13.3 Å². The lowest BCUT2D eigenvalue weighted by Gasteiger charge is -2.03. The quantitative estimate of drug-likeness (QED) is 0.612. The number of carbonyl (C=O) groups excluding carboxylic acids is 1. The number of hydrogen-bond donors (Lipinski definition) is 0. The Morgan fingerprint density at radius 3 is 2.89 bits per heavy atom. The first kappa shape index (κ1) is 13.2. The Hall–Kier alpha value is -2.23. The molecule has 0 aliphatic heterocycles. The van der Waals surface area contributed by atoms with Gasteiger partial charge in [-0.15, -0.1) is 0 Å². The van der Waals surface area contributed by atoms with Crippen LogP contribution in [0.1, 0.15) is 12.5 Å². The highest BCUT2D eigenvalue weighted by Crippen LogP contribution is 2.26. The van der Waals surface area contributed by atoms with Crippen molar-refractivity contribution in [3.63, 3.8) is 0 Å². The predicted octanol–water partition coefficient (Wildman–Crippen LogP) is 3.10. The molecule has 2 aromatic rings. The number of methoxy groups -OCH3 is 1. The SMILES string of the molecule is C=C(C)COC(=O)Cc1coc2cc(OC)ccc12. The minimum atomic E-state index is -0.290. The molecule has 0 saturated carbocycles. The van der Waals surface area contributed by atoms with E-state index in [2.05, 4.69) is 6.58 Å². The Balaban J connectivity index is 2.13. The number of esters is 1. The van der Waals surface area contributed by atoms with Gasteiger partial charge in [0.05, 0.1) is 19.8 Å². The number of rotatable bonds is 5. The lowest BCUT2D eigenvalue weighted by atomic mass is 10.1. The molecule has 1 aromatic carbocycles. The Kier molecular flexibility index (Phi) is 3.90. The molecule has 0 radical (unpaired) electrons. The highest BCUT2D eigenvalue weighted by atomic mass is 16.5. The zero-order chi connectivity index (χ0) is 13.8. The van der Waals surface area contributed by atoms with Crippen LogP contribution in [0, 0.1) is 0 Å². The molecule has 0 atom stereocenters. The molecule has 4 heteroatoms. The van der Waals surface area contributed by atoms with Gasteiger partial charge in [0.15, 0.2) is 0 Å². The van der Waals surface area contributed by atoms with Crippen LogP contribution in [0.2, 0.25) is 0 Å². The molecule has 0 aliphatic carbocycles. The molecule has 0 unspecified atom stereocenters.